The lowest BCUT2D eigenvalue weighted by Gasteiger charge is -2.07. The zero-order valence-corrected chi connectivity index (χ0v) is 11.3. The van der Waals surface area contributed by atoms with Crippen LogP contribution in [0.25, 0.3) is 22.2 Å². The number of fused-ring (bicyclic) bond motifs is 1. The van der Waals surface area contributed by atoms with Gasteiger partial charge in [0.05, 0.1) is 23.7 Å². The number of carbonyl (C=O) groups excluding carboxylic acids is 1. The van der Waals surface area contributed by atoms with Crippen molar-refractivity contribution in [1.82, 2.24) is 9.97 Å². The number of hydrogen-bond acceptors (Lipinski definition) is 3. The molecule has 0 bridgehead atoms. The Hall–Kier alpha value is -2.62. The van der Waals surface area contributed by atoms with E-state index < -0.39 is 0 Å². The van der Waals surface area contributed by atoms with Crippen LogP contribution in [0, 0.1) is 0 Å². The van der Waals surface area contributed by atoms with Crippen molar-refractivity contribution in [3.63, 3.8) is 0 Å². The molecule has 0 fully saturated rings. The van der Waals surface area contributed by atoms with Gasteiger partial charge in [-0.3, -0.25) is 9.78 Å². The number of H-pyrrole nitrogens is 1. The summed E-state index contributed by atoms with van der Waals surface area (Å²) < 4.78 is 5.37. The second-order valence-corrected chi connectivity index (χ2v) is 4.54. The molecule has 100 valence electrons. The van der Waals surface area contributed by atoms with Crippen LogP contribution in [0.15, 0.2) is 42.7 Å². The Morgan fingerprint density at radius 1 is 1.25 bits per heavy atom. The maximum absolute atomic E-state index is 11.7. The van der Waals surface area contributed by atoms with Crippen LogP contribution in [0.3, 0.4) is 0 Å². The number of ketones is 1. The predicted molar refractivity (Wildman–Crippen MR) is 78.1 cm³/mol. The van der Waals surface area contributed by atoms with Crippen molar-refractivity contribution >= 4 is 16.7 Å². The van der Waals surface area contributed by atoms with Gasteiger partial charge >= 0.3 is 0 Å². The lowest BCUT2D eigenvalue weighted by atomic mass is 10.0. The number of carbonyl (C=O) groups is 1. The lowest BCUT2D eigenvalue weighted by Crippen LogP contribution is -1.93. The van der Waals surface area contributed by atoms with E-state index in [9.17, 15) is 4.79 Å². The number of methoxy groups -OCH3 is 1. The summed E-state index contributed by atoms with van der Waals surface area (Å²) in [6.07, 6.45) is 3.47. The van der Waals surface area contributed by atoms with Crippen molar-refractivity contribution in [3.8, 4) is 17.0 Å². The van der Waals surface area contributed by atoms with Gasteiger partial charge in [0.15, 0.2) is 5.78 Å². The van der Waals surface area contributed by atoms with Crippen LogP contribution in [0.1, 0.15) is 17.3 Å². The fraction of sp³-hybridized carbons (Fsp3) is 0.125. The van der Waals surface area contributed by atoms with Gasteiger partial charge in [-0.25, -0.2) is 0 Å². The smallest absolute Gasteiger partial charge is 0.162 e. The molecule has 1 aromatic carbocycles. The van der Waals surface area contributed by atoms with E-state index >= 15 is 0 Å². The Labute approximate surface area is 116 Å². The topological polar surface area (TPSA) is 55.0 Å². The average Bonchev–Trinajstić information content (AvgIpc) is 2.92. The van der Waals surface area contributed by atoms with Gasteiger partial charge in [0.25, 0.3) is 0 Å². The SMILES string of the molecule is COc1ccc(-c2ccccn2)c2[nH]cc(C(C)=O)c12. The van der Waals surface area contributed by atoms with Gasteiger partial charge in [0.1, 0.15) is 5.75 Å². The van der Waals surface area contributed by atoms with Gasteiger partial charge in [0, 0.05) is 23.5 Å². The Kier molecular flexibility index (Phi) is 2.99. The van der Waals surface area contributed by atoms with E-state index in [0.29, 0.717) is 11.3 Å². The molecule has 0 aliphatic heterocycles. The van der Waals surface area contributed by atoms with Crippen LogP contribution >= 0.6 is 0 Å². The van der Waals surface area contributed by atoms with Crippen molar-refractivity contribution in [2.45, 2.75) is 6.92 Å². The van der Waals surface area contributed by atoms with E-state index in [4.69, 9.17) is 4.74 Å². The molecule has 2 heterocycles. The highest BCUT2D eigenvalue weighted by Gasteiger charge is 2.16. The first kappa shape index (κ1) is 12.4. The van der Waals surface area contributed by atoms with E-state index in [1.54, 1.807) is 26.4 Å². The number of rotatable bonds is 3. The average molecular weight is 266 g/mol. The summed E-state index contributed by atoms with van der Waals surface area (Å²) in [5, 5.41) is 0.808. The van der Waals surface area contributed by atoms with Gasteiger partial charge in [-0.05, 0) is 31.2 Å². The molecule has 20 heavy (non-hydrogen) atoms. The van der Waals surface area contributed by atoms with Gasteiger partial charge in [-0.1, -0.05) is 6.07 Å². The minimum Gasteiger partial charge on any atom is -0.496 e. The first-order chi connectivity index (χ1) is 9.72. The quantitative estimate of drug-likeness (QED) is 0.739. The summed E-state index contributed by atoms with van der Waals surface area (Å²) in [6.45, 7) is 1.55. The molecule has 4 nitrogen and oxygen atoms in total. The van der Waals surface area contributed by atoms with Gasteiger partial charge in [0.2, 0.25) is 0 Å². The van der Waals surface area contributed by atoms with Crippen molar-refractivity contribution in [3.05, 3.63) is 48.3 Å². The molecular weight excluding hydrogens is 252 g/mol. The summed E-state index contributed by atoms with van der Waals surface area (Å²) in [5.74, 6) is 0.693. The fourth-order valence-electron chi connectivity index (χ4n) is 2.40. The zero-order chi connectivity index (χ0) is 14.1. The van der Waals surface area contributed by atoms with Crippen molar-refractivity contribution in [1.29, 1.82) is 0 Å². The Morgan fingerprint density at radius 3 is 2.75 bits per heavy atom. The van der Waals surface area contributed by atoms with E-state index in [-0.39, 0.29) is 5.78 Å². The molecule has 0 saturated heterocycles. The molecule has 0 atom stereocenters. The van der Waals surface area contributed by atoms with E-state index in [1.807, 2.05) is 30.3 Å². The normalized spacial score (nSPS) is 10.7. The number of aromatic nitrogens is 2. The molecule has 0 spiro atoms. The van der Waals surface area contributed by atoms with Crippen molar-refractivity contribution < 1.29 is 9.53 Å². The van der Waals surface area contributed by atoms with E-state index in [2.05, 4.69) is 9.97 Å². The largest absolute Gasteiger partial charge is 0.496 e. The molecule has 0 amide bonds. The fourth-order valence-corrected chi connectivity index (χ4v) is 2.40. The number of nitrogens with zero attached hydrogens (tertiary/aromatic N) is 1. The minimum absolute atomic E-state index is 0.00715. The van der Waals surface area contributed by atoms with Crippen LogP contribution in [-0.2, 0) is 0 Å². The van der Waals surface area contributed by atoms with Crippen LogP contribution in [0.5, 0.6) is 5.75 Å². The first-order valence-corrected chi connectivity index (χ1v) is 6.33. The van der Waals surface area contributed by atoms with Gasteiger partial charge < -0.3 is 9.72 Å². The highest BCUT2D eigenvalue weighted by atomic mass is 16.5. The highest BCUT2D eigenvalue weighted by Crippen LogP contribution is 2.35. The second kappa shape index (κ2) is 4.81. The number of benzene rings is 1. The molecule has 0 aliphatic rings. The molecular formula is C16H14N2O2. The molecule has 4 heteroatoms. The summed E-state index contributed by atoms with van der Waals surface area (Å²) >= 11 is 0. The number of pyridine rings is 1. The predicted octanol–water partition coefficient (Wildman–Crippen LogP) is 3.44. The number of Topliss-reactive ketones (excluding diaryl/α,β-unsaturated/α-hetero) is 1. The van der Waals surface area contributed by atoms with Crippen molar-refractivity contribution in [2.75, 3.05) is 7.11 Å². The Balaban J connectivity index is 2.34. The molecule has 2 aromatic heterocycles. The summed E-state index contributed by atoms with van der Waals surface area (Å²) in [7, 11) is 1.60. The highest BCUT2D eigenvalue weighted by molar-refractivity contribution is 6.12. The van der Waals surface area contributed by atoms with Gasteiger partial charge in [-0.2, -0.15) is 0 Å². The standard InChI is InChI=1S/C16H14N2O2/c1-10(19)12-9-18-16-11(13-5-3-4-8-17-13)6-7-14(20-2)15(12)16/h3-9,18H,1-2H3. The third-order valence-corrected chi connectivity index (χ3v) is 3.34. The van der Waals surface area contributed by atoms with Crippen LogP contribution < -0.4 is 4.74 Å². The van der Waals surface area contributed by atoms with Crippen LogP contribution in [-0.4, -0.2) is 22.9 Å². The minimum atomic E-state index is 0.00715. The molecule has 0 saturated carbocycles. The molecule has 3 rings (SSSR count). The molecule has 0 aliphatic carbocycles. The van der Waals surface area contributed by atoms with Crippen molar-refractivity contribution in [2.24, 2.45) is 0 Å². The lowest BCUT2D eigenvalue weighted by molar-refractivity contribution is 0.101. The maximum atomic E-state index is 11.7. The third-order valence-electron chi connectivity index (χ3n) is 3.34. The van der Waals surface area contributed by atoms with E-state index in [0.717, 1.165) is 22.2 Å². The maximum Gasteiger partial charge on any atom is 0.162 e. The molecule has 0 unspecified atom stereocenters. The Bertz CT molecular complexity index is 776. The number of ether oxygens (including phenoxy) is 1. The first-order valence-electron chi connectivity index (χ1n) is 6.33. The Morgan fingerprint density at radius 2 is 2.10 bits per heavy atom. The van der Waals surface area contributed by atoms with Crippen LogP contribution in [0.4, 0.5) is 0 Å². The van der Waals surface area contributed by atoms with Gasteiger partial charge in [-0.15, -0.1) is 0 Å². The third kappa shape index (κ3) is 1.86. The molecule has 1 N–H and O–H groups in total. The summed E-state index contributed by atoms with van der Waals surface area (Å²) in [5.41, 5.74) is 3.31. The second-order valence-electron chi connectivity index (χ2n) is 4.54. The van der Waals surface area contributed by atoms with E-state index in [1.165, 1.54) is 0 Å². The molecule has 3 aromatic rings. The number of nitrogens with one attached hydrogen (secondary N) is 1. The number of hydrogen-bond donors (Lipinski definition) is 1. The summed E-state index contributed by atoms with van der Waals surface area (Å²) in [6, 6.07) is 9.57. The monoisotopic (exact) mass is 266 g/mol. The number of aromatic amines is 1. The summed E-state index contributed by atoms with van der Waals surface area (Å²) in [4.78, 5) is 19.3. The molecule has 0 radical (unpaired) electrons. The zero-order valence-electron chi connectivity index (χ0n) is 11.3. The van der Waals surface area contributed by atoms with Crippen LogP contribution in [0.2, 0.25) is 0 Å².